The van der Waals surface area contributed by atoms with Crippen LogP contribution in [0.15, 0.2) is 54.6 Å². The monoisotopic (exact) mass is 372 g/mol. The Hall–Kier alpha value is -2.12. The number of thiophene rings is 1. The van der Waals surface area contributed by atoms with E-state index >= 15 is 0 Å². The molecule has 1 aliphatic rings. The Bertz CT molecular complexity index is 941. The fourth-order valence-electron chi connectivity index (χ4n) is 3.99. The van der Waals surface area contributed by atoms with E-state index in [2.05, 4.69) is 74.5 Å². The second-order valence-electron chi connectivity index (χ2n) is 7.64. The molecule has 0 amide bonds. The topological polar surface area (TPSA) is 0 Å². The molecule has 27 heavy (non-hydrogen) atoms. The minimum absolute atomic E-state index is 1.05. The van der Waals surface area contributed by atoms with Crippen molar-refractivity contribution in [1.29, 1.82) is 0 Å². The zero-order valence-electron chi connectivity index (χ0n) is 16.4. The maximum Gasteiger partial charge on any atom is 0.0308 e. The molecule has 0 unspecified atom stereocenters. The van der Waals surface area contributed by atoms with E-state index in [1.54, 1.807) is 0 Å². The molecule has 0 N–H and O–H groups in total. The van der Waals surface area contributed by atoms with Crippen LogP contribution in [0.25, 0.3) is 22.8 Å². The molecule has 0 bridgehead atoms. The molecule has 0 saturated carbocycles. The second-order valence-corrected chi connectivity index (χ2v) is 8.93. The highest BCUT2D eigenvalue weighted by atomic mass is 32.1. The molecule has 1 heteroatoms. The zero-order chi connectivity index (χ0) is 18.6. The van der Waals surface area contributed by atoms with Gasteiger partial charge in [0, 0.05) is 9.75 Å². The zero-order valence-corrected chi connectivity index (χ0v) is 17.2. The van der Waals surface area contributed by atoms with E-state index in [0.717, 1.165) is 6.42 Å². The van der Waals surface area contributed by atoms with Crippen molar-refractivity contribution < 1.29 is 0 Å². The third-order valence-electron chi connectivity index (χ3n) is 5.54. The number of aryl methyl sites for hydroxylation is 2. The fourth-order valence-corrected chi connectivity index (χ4v) is 4.87. The van der Waals surface area contributed by atoms with Crippen LogP contribution >= 0.6 is 11.3 Å². The Morgan fingerprint density at radius 1 is 0.889 bits per heavy atom. The van der Waals surface area contributed by atoms with E-state index in [1.165, 1.54) is 75.2 Å². The van der Waals surface area contributed by atoms with Gasteiger partial charge >= 0.3 is 0 Å². The van der Waals surface area contributed by atoms with Gasteiger partial charge in [0.05, 0.1) is 0 Å². The summed E-state index contributed by atoms with van der Waals surface area (Å²) in [6.07, 6.45) is 9.98. The van der Waals surface area contributed by atoms with Crippen molar-refractivity contribution in [3.63, 3.8) is 0 Å². The number of benzene rings is 2. The van der Waals surface area contributed by atoms with Crippen LogP contribution in [0.3, 0.4) is 0 Å². The molecule has 1 aliphatic carbocycles. The Morgan fingerprint density at radius 3 is 2.48 bits per heavy atom. The maximum absolute atomic E-state index is 2.41. The molecular formula is C26H28S. The summed E-state index contributed by atoms with van der Waals surface area (Å²) < 4.78 is 0. The quantitative estimate of drug-likeness (QED) is 0.369. The Morgan fingerprint density at radius 2 is 1.74 bits per heavy atom. The first-order valence-corrected chi connectivity index (χ1v) is 11.0. The number of hydrogen-bond donors (Lipinski definition) is 0. The lowest BCUT2D eigenvalue weighted by molar-refractivity contribution is 0.667. The Kier molecular flexibility index (Phi) is 5.59. The van der Waals surface area contributed by atoms with Gasteiger partial charge in [0.25, 0.3) is 0 Å². The summed E-state index contributed by atoms with van der Waals surface area (Å²) in [5, 5.41) is 0. The van der Waals surface area contributed by atoms with Gasteiger partial charge in [0.15, 0.2) is 0 Å². The molecule has 2 aromatic carbocycles. The SMILES string of the molecule is CCCCCCc1ccc(-c2cccc3c2C=C(c2ccc(C)s2)C3)cc1. The summed E-state index contributed by atoms with van der Waals surface area (Å²) in [4.78, 5) is 2.80. The van der Waals surface area contributed by atoms with Gasteiger partial charge in [0.2, 0.25) is 0 Å². The minimum atomic E-state index is 1.05. The standard InChI is InChI=1S/C26H28S/c1-3-4-5-6-8-20-12-14-21(15-13-20)24-10-7-9-22-17-23(18-25(22)24)26-16-11-19(2)27-26/h7,9-16,18H,3-6,8,17H2,1-2H3. The first kappa shape index (κ1) is 18.3. The highest BCUT2D eigenvalue weighted by Gasteiger charge is 2.18. The van der Waals surface area contributed by atoms with E-state index in [-0.39, 0.29) is 0 Å². The van der Waals surface area contributed by atoms with Crippen LogP contribution in [-0.2, 0) is 12.8 Å². The average molecular weight is 373 g/mol. The van der Waals surface area contributed by atoms with Gasteiger partial charge in [-0.25, -0.2) is 0 Å². The highest BCUT2D eigenvalue weighted by molar-refractivity contribution is 7.13. The van der Waals surface area contributed by atoms with Crippen molar-refractivity contribution in [2.24, 2.45) is 0 Å². The lowest BCUT2D eigenvalue weighted by Crippen LogP contribution is -1.89. The van der Waals surface area contributed by atoms with Gasteiger partial charge in [-0.2, -0.15) is 0 Å². The van der Waals surface area contributed by atoms with Gasteiger partial charge in [0.1, 0.15) is 0 Å². The molecule has 0 aliphatic heterocycles. The van der Waals surface area contributed by atoms with Crippen LogP contribution in [0.4, 0.5) is 0 Å². The van der Waals surface area contributed by atoms with Crippen LogP contribution in [0.1, 0.15) is 59.1 Å². The summed E-state index contributed by atoms with van der Waals surface area (Å²) in [5.41, 5.74) is 8.50. The first-order valence-electron chi connectivity index (χ1n) is 10.2. The number of allylic oxidation sites excluding steroid dienone is 1. The van der Waals surface area contributed by atoms with Gasteiger partial charge < -0.3 is 0 Å². The Labute approximate surface area is 167 Å². The maximum atomic E-state index is 2.41. The van der Waals surface area contributed by atoms with Gasteiger partial charge in [-0.15, -0.1) is 11.3 Å². The third kappa shape index (κ3) is 4.09. The fraction of sp³-hybridized carbons (Fsp3) is 0.308. The number of unbranched alkanes of at least 4 members (excludes halogenated alkanes) is 3. The van der Waals surface area contributed by atoms with Crippen molar-refractivity contribution in [3.05, 3.63) is 81.0 Å². The van der Waals surface area contributed by atoms with Crippen LogP contribution in [0.2, 0.25) is 0 Å². The van der Waals surface area contributed by atoms with Crippen molar-refractivity contribution in [1.82, 2.24) is 0 Å². The summed E-state index contributed by atoms with van der Waals surface area (Å²) in [7, 11) is 0. The lowest BCUT2D eigenvalue weighted by atomic mass is 9.95. The van der Waals surface area contributed by atoms with Crippen LogP contribution in [0, 0.1) is 6.92 Å². The molecule has 0 atom stereocenters. The van der Waals surface area contributed by atoms with E-state index in [9.17, 15) is 0 Å². The van der Waals surface area contributed by atoms with E-state index in [4.69, 9.17) is 0 Å². The van der Waals surface area contributed by atoms with Crippen molar-refractivity contribution >= 4 is 23.0 Å². The number of hydrogen-bond acceptors (Lipinski definition) is 1. The lowest BCUT2D eigenvalue weighted by Gasteiger charge is -2.09. The largest absolute Gasteiger partial charge is 0.141 e. The molecule has 0 spiro atoms. The van der Waals surface area contributed by atoms with Crippen molar-refractivity contribution in [2.75, 3.05) is 0 Å². The third-order valence-corrected chi connectivity index (χ3v) is 6.61. The average Bonchev–Trinajstić information content (AvgIpc) is 3.31. The molecule has 3 aromatic rings. The molecule has 4 rings (SSSR count). The van der Waals surface area contributed by atoms with E-state index in [0.29, 0.717) is 0 Å². The second kappa shape index (κ2) is 8.27. The van der Waals surface area contributed by atoms with Crippen molar-refractivity contribution in [2.45, 2.75) is 52.4 Å². The van der Waals surface area contributed by atoms with Crippen LogP contribution in [-0.4, -0.2) is 0 Å². The predicted molar refractivity (Wildman–Crippen MR) is 120 cm³/mol. The number of fused-ring (bicyclic) bond motifs is 1. The first-order chi connectivity index (χ1) is 13.2. The molecule has 0 fully saturated rings. The summed E-state index contributed by atoms with van der Waals surface area (Å²) in [6.45, 7) is 4.46. The number of rotatable bonds is 7. The molecule has 0 saturated heterocycles. The van der Waals surface area contributed by atoms with Gasteiger partial charge in [-0.1, -0.05) is 68.7 Å². The van der Waals surface area contributed by atoms with Gasteiger partial charge in [-0.3, -0.25) is 0 Å². The van der Waals surface area contributed by atoms with Gasteiger partial charge in [-0.05, 0) is 77.8 Å². The summed E-state index contributed by atoms with van der Waals surface area (Å²) >= 11 is 1.90. The summed E-state index contributed by atoms with van der Waals surface area (Å²) in [6, 6.07) is 20.5. The molecular weight excluding hydrogens is 344 g/mol. The molecule has 0 radical (unpaired) electrons. The molecule has 1 heterocycles. The summed E-state index contributed by atoms with van der Waals surface area (Å²) in [5.74, 6) is 0. The van der Waals surface area contributed by atoms with Crippen LogP contribution < -0.4 is 0 Å². The predicted octanol–water partition coefficient (Wildman–Crippen LogP) is 7.94. The molecule has 0 nitrogen and oxygen atoms in total. The molecule has 138 valence electrons. The minimum Gasteiger partial charge on any atom is -0.141 e. The van der Waals surface area contributed by atoms with Crippen LogP contribution in [0.5, 0.6) is 0 Å². The highest BCUT2D eigenvalue weighted by Crippen LogP contribution is 2.39. The van der Waals surface area contributed by atoms with Crippen molar-refractivity contribution in [3.8, 4) is 11.1 Å². The Balaban J connectivity index is 1.56. The normalized spacial score (nSPS) is 12.9. The smallest absolute Gasteiger partial charge is 0.0308 e. The van der Waals surface area contributed by atoms with E-state index in [1.807, 2.05) is 11.3 Å². The molecule has 1 aromatic heterocycles. The van der Waals surface area contributed by atoms with E-state index < -0.39 is 0 Å².